The lowest BCUT2D eigenvalue weighted by atomic mass is 10.0. The Morgan fingerprint density at radius 1 is 1.43 bits per heavy atom. The number of benzene rings is 1. The fourth-order valence-electron chi connectivity index (χ4n) is 2.77. The van der Waals surface area contributed by atoms with Crippen molar-refractivity contribution in [1.82, 2.24) is 4.90 Å². The molecule has 6 heteroatoms. The first kappa shape index (κ1) is 17.9. The summed E-state index contributed by atoms with van der Waals surface area (Å²) in [4.78, 5) is 26.1. The summed E-state index contributed by atoms with van der Waals surface area (Å²) in [5, 5.41) is 0.818. The summed E-state index contributed by atoms with van der Waals surface area (Å²) in [6.07, 6.45) is 1.60. The van der Waals surface area contributed by atoms with Gasteiger partial charge in [-0.05, 0) is 24.8 Å². The molecule has 0 aliphatic carbocycles. The average molecular weight is 384 g/mol. The molecule has 1 heterocycles. The molecule has 2 rings (SSSR count). The Balaban J connectivity index is 2.09. The maximum absolute atomic E-state index is 12.8. The van der Waals surface area contributed by atoms with Crippen LogP contribution in [0.25, 0.3) is 0 Å². The van der Waals surface area contributed by atoms with Gasteiger partial charge in [0.25, 0.3) is 0 Å². The van der Waals surface area contributed by atoms with Crippen LogP contribution in [0.5, 0.6) is 0 Å². The van der Waals surface area contributed by atoms with Crippen molar-refractivity contribution in [3.63, 3.8) is 0 Å². The Hall–Kier alpha value is -1.40. The highest BCUT2D eigenvalue weighted by molar-refractivity contribution is 9.09. The number of amides is 2. The third kappa shape index (κ3) is 4.78. The minimum atomic E-state index is -0.545. The molecule has 1 saturated heterocycles. The zero-order chi connectivity index (χ0) is 16.7. The van der Waals surface area contributed by atoms with Crippen LogP contribution in [0.1, 0.15) is 18.4 Å². The maximum Gasteiger partial charge on any atom is 0.416 e. The summed E-state index contributed by atoms with van der Waals surface area (Å²) in [5.41, 5.74) is 1.08. The third-order valence-corrected chi connectivity index (χ3v) is 4.48. The van der Waals surface area contributed by atoms with Crippen molar-refractivity contribution in [2.45, 2.75) is 25.3 Å². The van der Waals surface area contributed by atoms with Crippen LogP contribution in [-0.2, 0) is 20.7 Å². The smallest absolute Gasteiger partial charge is 0.416 e. The van der Waals surface area contributed by atoms with Crippen LogP contribution in [0.3, 0.4) is 0 Å². The summed E-state index contributed by atoms with van der Waals surface area (Å²) in [7, 11) is 1.57. The summed E-state index contributed by atoms with van der Waals surface area (Å²) >= 11 is 3.37. The Morgan fingerprint density at radius 3 is 2.83 bits per heavy atom. The normalized spacial score (nSPS) is 18.8. The molecule has 0 bridgehead atoms. The lowest BCUT2D eigenvalue weighted by Gasteiger charge is -2.24. The Kier molecular flexibility index (Phi) is 7.05. The van der Waals surface area contributed by atoms with E-state index in [4.69, 9.17) is 9.47 Å². The van der Waals surface area contributed by atoms with Gasteiger partial charge in [0.1, 0.15) is 6.61 Å². The van der Waals surface area contributed by atoms with E-state index in [0.717, 1.165) is 17.3 Å². The first-order valence-electron chi connectivity index (χ1n) is 7.76. The highest BCUT2D eigenvalue weighted by Crippen LogP contribution is 2.22. The molecule has 0 radical (unpaired) electrons. The third-order valence-electron chi connectivity index (χ3n) is 3.92. The number of imide groups is 1. The molecule has 1 aromatic rings. The second kappa shape index (κ2) is 9.03. The summed E-state index contributed by atoms with van der Waals surface area (Å²) in [6.45, 7) is 0.561. The zero-order valence-corrected chi connectivity index (χ0v) is 14.8. The van der Waals surface area contributed by atoms with E-state index in [1.165, 1.54) is 4.90 Å². The number of cyclic esters (lactones) is 1. The maximum atomic E-state index is 12.8. The summed E-state index contributed by atoms with van der Waals surface area (Å²) in [6, 6.07) is 9.57. The topological polar surface area (TPSA) is 55.8 Å². The number of alkyl halides is 1. The minimum absolute atomic E-state index is 0.198. The molecule has 5 nitrogen and oxygen atoms in total. The lowest BCUT2D eigenvalue weighted by molar-refractivity contribution is -0.135. The number of carbonyl (C=O) groups excluding carboxylic acids is 2. The van der Waals surface area contributed by atoms with Gasteiger partial charge < -0.3 is 9.47 Å². The van der Waals surface area contributed by atoms with Crippen molar-refractivity contribution < 1.29 is 19.1 Å². The van der Waals surface area contributed by atoms with Crippen molar-refractivity contribution in [2.75, 3.05) is 25.7 Å². The number of hydrogen-bond donors (Lipinski definition) is 0. The van der Waals surface area contributed by atoms with Gasteiger partial charge in [0.2, 0.25) is 5.91 Å². The van der Waals surface area contributed by atoms with E-state index in [-0.39, 0.29) is 24.5 Å². The lowest BCUT2D eigenvalue weighted by Crippen LogP contribution is -2.44. The van der Waals surface area contributed by atoms with Crippen molar-refractivity contribution in [3.8, 4) is 0 Å². The van der Waals surface area contributed by atoms with Crippen molar-refractivity contribution in [3.05, 3.63) is 35.9 Å². The molecule has 1 fully saturated rings. The van der Waals surface area contributed by atoms with E-state index in [9.17, 15) is 9.59 Å². The molecule has 1 aromatic carbocycles. The Labute approximate surface area is 145 Å². The molecule has 126 valence electrons. The number of ether oxygens (including phenoxy) is 2. The molecular formula is C17H22BrNO4. The summed E-state index contributed by atoms with van der Waals surface area (Å²) in [5.74, 6) is -0.516. The molecule has 2 unspecified atom stereocenters. The molecule has 2 amide bonds. The first-order valence-corrected chi connectivity index (χ1v) is 8.88. The number of nitrogens with zero attached hydrogens (tertiary/aromatic N) is 1. The van der Waals surface area contributed by atoms with Crippen LogP contribution in [0, 0.1) is 5.92 Å². The van der Waals surface area contributed by atoms with E-state index in [1.54, 1.807) is 7.11 Å². The van der Waals surface area contributed by atoms with Crippen LogP contribution in [0.15, 0.2) is 30.3 Å². The van der Waals surface area contributed by atoms with Gasteiger partial charge in [0.05, 0.1) is 18.6 Å². The largest absolute Gasteiger partial charge is 0.447 e. The van der Waals surface area contributed by atoms with Crippen LogP contribution in [0.4, 0.5) is 4.79 Å². The molecule has 0 N–H and O–H groups in total. The first-order chi connectivity index (χ1) is 11.2. The van der Waals surface area contributed by atoms with Crippen LogP contribution < -0.4 is 0 Å². The predicted octanol–water partition coefficient (Wildman–Crippen LogP) is 3.01. The molecule has 0 spiro atoms. The van der Waals surface area contributed by atoms with Crippen LogP contribution >= 0.6 is 15.9 Å². The van der Waals surface area contributed by atoms with Gasteiger partial charge in [-0.2, -0.15) is 0 Å². The molecule has 1 aliphatic rings. The average Bonchev–Trinajstić information content (AvgIpc) is 2.92. The number of halogens is 1. The van der Waals surface area contributed by atoms with Crippen molar-refractivity contribution in [1.29, 1.82) is 0 Å². The van der Waals surface area contributed by atoms with E-state index >= 15 is 0 Å². The Bertz CT molecular complexity index is 523. The number of hydrogen-bond acceptors (Lipinski definition) is 4. The standard InChI is InChI=1S/C17H22BrNO4/c1-22-11-14(8-5-9-18)16(20)19-15(12-23-17(19)21)10-13-6-3-2-4-7-13/h2-4,6-7,14-15H,5,8-12H2,1H3. The SMILES string of the molecule is COCC(CCCBr)C(=O)N1C(=O)OCC1Cc1ccccc1. The predicted molar refractivity (Wildman–Crippen MR) is 90.5 cm³/mol. The van der Waals surface area contributed by atoms with Gasteiger partial charge in [-0.1, -0.05) is 46.3 Å². The van der Waals surface area contributed by atoms with Gasteiger partial charge in [-0.15, -0.1) is 0 Å². The molecule has 1 aliphatic heterocycles. The fraction of sp³-hybridized carbons (Fsp3) is 0.529. The molecular weight excluding hydrogens is 362 g/mol. The van der Waals surface area contributed by atoms with Crippen molar-refractivity contribution >= 4 is 27.9 Å². The molecule has 23 heavy (non-hydrogen) atoms. The van der Waals surface area contributed by atoms with Crippen LogP contribution in [-0.4, -0.2) is 48.6 Å². The second-order valence-corrected chi connectivity index (χ2v) is 6.41. The van der Waals surface area contributed by atoms with E-state index in [1.807, 2.05) is 30.3 Å². The van der Waals surface area contributed by atoms with E-state index in [2.05, 4.69) is 15.9 Å². The number of carbonyl (C=O) groups is 2. The van der Waals surface area contributed by atoms with Crippen LogP contribution in [0.2, 0.25) is 0 Å². The minimum Gasteiger partial charge on any atom is -0.447 e. The zero-order valence-electron chi connectivity index (χ0n) is 13.2. The monoisotopic (exact) mass is 383 g/mol. The van der Waals surface area contributed by atoms with Gasteiger partial charge in [-0.3, -0.25) is 4.79 Å². The molecule has 0 saturated carbocycles. The summed E-state index contributed by atoms with van der Waals surface area (Å²) < 4.78 is 10.3. The second-order valence-electron chi connectivity index (χ2n) is 5.61. The molecule has 2 atom stereocenters. The highest BCUT2D eigenvalue weighted by Gasteiger charge is 2.40. The van der Waals surface area contributed by atoms with Gasteiger partial charge in [-0.25, -0.2) is 9.69 Å². The highest BCUT2D eigenvalue weighted by atomic mass is 79.9. The molecule has 0 aromatic heterocycles. The van der Waals surface area contributed by atoms with Gasteiger partial charge >= 0.3 is 6.09 Å². The van der Waals surface area contributed by atoms with E-state index < -0.39 is 6.09 Å². The van der Waals surface area contributed by atoms with E-state index in [0.29, 0.717) is 19.4 Å². The number of rotatable bonds is 8. The van der Waals surface area contributed by atoms with Crippen molar-refractivity contribution in [2.24, 2.45) is 5.92 Å². The quantitative estimate of drug-likeness (QED) is 0.647. The fourth-order valence-corrected chi connectivity index (χ4v) is 3.09. The van der Waals surface area contributed by atoms with Gasteiger partial charge in [0, 0.05) is 12.4 Å². The number of methoxy groups -OCH3 is 1. The Morgan fingerprint density at radius 2 is 2.17 bits per heavy atom. The van der Waals surface area contributed by atoms with Gasteiger partial charge in [0.15, 0.2) is 0 Å².